The van der Waals surface area contributed by atoms with E-state index in [4.69, 9.17) is 0 Å². The van der Waals surface area contributed by atoms with E-state index >= 15 is 0 Å². The molecule has 2 aromatic carbocycles. The number of hydrogen-bond donors (Lipinski definition) is 1. The maximum absolute atomic E-state index is 4.08. The van der Waals surface area contributed by atoms with Gasteiger partial charge in [0, 0.05) is 11.4 Å². The highest BCUT2D eigenvalue weighted by atomic mass is 14.9. The summed E-state index contributed by atoms with van der Waals surface area (Å²) in [5.41, 5.74) is 4.79. The van der Waals surface area contributed by atoms with Crippen LogP contribution in [0.3, 0.4) is 0 Å². The van der Waals surface area contributed by atoms with Crippen molar-refractivity contribution in [3.63, 3.8) is 0 Å². The maximum Gasteiger partial charge on any atom is 0.0384 e. The molecule has 1 nitrogen and oxygen atoms in total. The van der Waals surface area contributed by atoms with Crippen molar-refractivity contribution in [2.75, 3.05) is 5.32 Å². The zero-order valence-electron chi connectivity index (χ0n) is 10.8. The van der Waals surface area contributed by atoms with E-state index in [0.29, 0.717) is 0 Å². The third-order valence-electron chi connectivity index (χ3n) is 2.90. The second-order valence-corrected chi connectivity index (χ2v) is 4.58. The number of allylic oxidation sites excluding steroid dienone is 1. The van der Waals surface area contributed by atoms with Gasteiger partial charge in [-0.2, -0.15) is 0 Å². The van der Waals surface area contributed by atoms with Crippen molar-refractivity contribution in [3.05, 3.63) is 78.0 Å². The molecule has 0 heterocycles. The van der Waals surface area contributed by atoms with Crippen LogP contribution in [0, 0.1) is 6.92 Å². The van der Waals surface area contributed by atoms with Gasteiger partial charge < -0.3 is 5.32 Å². The topological polar surface area (TPSA) is 12.0 Å². The summed E-state index contributed by atoms with van der Waals surface area (Å²) >= 11 is 0. The molecule has 0 radical (unpaired) electrons. The lowest BCUT2D eigenvalue weighted by Gasteiger charge is -2.10. The van der Waals surface area contributed by atoms with Crippen molar-refractivity contribution in [2.45, 2.75) is 19.8 Å². The van der Waals surface area contributed by atoms with Crippen molar-refractivity contribution >= 4 is 5.69 Å². The first-order chi connectivity index (χ1) is 8.74. The van der Waals surface area contributed by atoms with Gasteiger partial charge in [0.05, 0.1) is 0 Å². The number of aryl methyl sites for hydroxylation is 2. The van der Waals surface area contributed by atoms with Crippen LogP contribution in [0.5, 0.6) is 0 Å². The second kappa shape index (κ2) is 6.06. The average molecular weight is 237 g/mol. The zero-order chi connectivity index (χ0) is 12.8. The summed E-state index contributed by atoms with van der Waals surface area (Å²) in [5.74, 6) is 0. The highest BCUT2D eigenvalue weighted by Crippen LogP contribution is 2.14. The van der Waals surface area contributed by atoms with Gasteiger partial charge in [-0.3, -0.25) is 0 Å². The molecule has 0 saturated carbocycles. The van der Waals surface area contributed by atoms with E-state index < -0.39 is 0 Å². The van der Waals surface area contributed by atoms with E-state index in [2.05, 4.69) is 67.4 Å². The van der Waals surface area contributed by atoms with Gasteiger partial charge in [-0.15, -0.1) is 0 Å². The Balaban J connectivity index is 1.86. The van der Waals surface area contributed by atoms with Crippen LogP contribution in [0.15, 0.2) is 66.9 Å². The molecule has 2 aromatic rings. The van der Waals surface area contributed by atoms with Crippen LogP contribution >= 0.6 is 0 Å². The Labute approximate surface area is 109 Å². The molecule has 0 aliphatic rings. The Kier molecular flexibility index (Phi) is 4.19. The highest BCUT2D eigenvalue weighted by Gasteiger charge is 1.98. The van der Waals surface area contributed by atoms with Gasteiger partial charge in [0.25, 0.3) is 0 Å². The fourth-order valence-electron chi connectivity index (χ4n) is 1.93. The first-order valence-electron chi connectivity index (χ1n) is 6.29. The van der Waals surface area contributed by atoms with Gasteiger partial charge in [-0.1, -0.05) is 49.0 Å². The monoisotopic (exact) mass is 237 g/mol. The van der Waals surface area contributed by atoms with Crippen LogP contribution in [0.4, 0.5) is 5.69 Å². The fraction of sp³-hybridized carbons (Fsp3) is 0.176. The summed E-state index contributed by atoms with van der Waals surface area (Å²) in [6.45, 7) is 6.18. The van der Waals surface area contributed by atoms with Crippen LogP contribution < -0.4 is 5.32 Å². The van der Waals surface area contributed by atoms with Crippen molar-refractivity contribution in [1.82, 2.24) is 0 Å². The molecule has 0 aliphatic carbocycles. The molecule has 0 bridgehead atoms. The Morgan fingerprint density at radius 2 is 1.83 bits per heavy atom. The minimum atomic E-state index is 0.956. The summed E-state index contributed by atoms with van der Waals surface area (Å²) in [4.78, 5) is 0. The number of nitrogens with one attached hydrogen (secondary N) is 1. The normalized spacial score (nSPS) is 10.1. The first kappa shape index (κ1) is 12.4. The van der Waals surface area contributed by atoms with Gasteiger partial charge in [0.15, 0.2) is 0 Å². The van der Waals surface area contributed by atoms with Crippen molar-refractivity contribution in [3.8, 4) is 0 Å². The fourth-order valence-corrected chi connectivity index (χ4v) is 1.93. The lowest BCUT2D eigenvalue weighted by Crippen LogP contribution is -1.99. The SMILES string of the molecule is C=C(CCc1ccccc1)Nc1cccc(C)c1. The number of anilines is 1. The molecule has 0 atom stereocenters. The zero-order valence-corrected chi connectivity index (χ0v) is 10.8. The molecule has 18 heavy (non-hydrogen) atoms. The van der Waals surface area contributed by atoms with Gasteiger partial charge in [-0.25, -0.2) is 0 Å². The van der Waals surface area contributed by atoms with Crippen LogP contribution in [0.25, 0.3) is 0 Å². The van der Waals surface area contributed by atoms with E-state index in [0.717, 1.165) is 24.2 Å². The average Bonchev–Trinajstić information content (AvgIpc) is 2.38. The minimum absolute atomic E-state index is 0.956. The molecule has 2 rings (SSSR count). The number of benzene rings is 2. The van der Waals surface area contributed by atoms with Gasteiger partial charge >= 0.3 is 0 Å². The lowest BCUT2D eigenvalue weighted by atomic mass is 10.1. The van der Waals surface area contributed by atoms with Gasteiger partial charge in [0.1, 0.15) is 0 Å². The Bertz CT molecular complexity index is 514. The molecule has 1 heteroatoms. The van der Waals surface area contributed by atoms with Crippen molar-refractivity contribution in [2.24, 2.45) is 0 Å². The first-order valence-corrected chi connectivity index (χ1v) is 6.29. The minimum Gasteiger partial charge on any atom is -0.359 e. The molecule has 0 aromatic heterocycles. The van der Waals surface area contributed by atoms with E-state index in [-0.39, 0.29) is 0 Å². The molecule has 92 valence electrons. The largest absolute Gasteiger partial charge is 0.359 e. The van der Waals surface area contributed by atoms with Crippen LogP contribution in [-0.4, -0.2) is 0 Å². The molecule has 0 fully saturated rings. The Morgan fingerprint density at radius 1 is 1.06 bits per heavy atom. The summed E-state index contributed by atoms with van der Waals surface area (Å²) in [6, 6.07) is 18.9. The molecule has 0 saturated heterocycles. The van der Waals surface area contributed by atoms with Gasteiger partial charge in [-0.05, 0) is 43.0 Å². The van der Waals surface area contributed by atoms with Crippen LogP contribution in [-0.2, 0) is 6.42 Å². The second-order valence-electron chi connectivity index (χ2n) is 4.58. The molecule has 1 N–H and O–H groups in total. The van der Waals surface area contributed by atoms with Crippen molar-refractivity contribution in [1.29, 1.82) is 0 Å². The predicted octanol–water partition coefficient (Wildman–Crippen LogP) is 4.55. The summed E-state index contributed by atoms with van der Waals surface area (Å²) in [7, 11) is 0. The molecule has 0 unspecified atom stereocenters. The number of rotatable bonds is 5. The third-order valence-corrected chi connectivity index (χ3v) is 2.90. The summed E-state index contributed by atoms with van der Waals surface area (Å²) in [6.07, 6.45) is 1.98. The summed E-state index contributed by atoms with van der Waals surface area (Å²) < 4.78 is 0. The highest BCUT2D eigenvalue weighted by molar-refractivity contribution is 5.49. The third kappa shape index (κ3) is 3.77. The Morgan fingerprint density at radius 3 is 2.56 bits per heavy atom. The molecule has 0 aliphatic heterocycles. The quantitative estimate of drug-likeness (QED) is 0.804. The molecular weight excluding hydrogens is 218 g/mol. The predicted molar refractivity (Wildman–Crippen MR) is 78.7 cm³/mol. The van der Waals surface area contributed by atoms with Crippen molar-refractivity contribution < 1.29 is 0 Å². The van der Waals surface area contributed by atoms with E-state index in [1.807, 2.05) is 6.07 Å². The summed E-state index contributed by atoms with van der Waals surface area (Å²) in [5, 5.41) is 3.36. The van der Waals surface area contributed by atoms with Gasteiger partial charge in [0.2, 0.25) is 0 Å². The Hall–Kier alpha value is -2.02. The van der Waals surface area contributed by atoms with Crippen LogP contribution in [0.2, 0.25) is 0 Å². The maximum atomic E-state index is 4.08. The standard InChI is InChI=1S/C17H19N/c1-14-7-6-10-17(13-14)18-15(2)11-12-16-8-4-3-5-9-16/h3-10,13,18H,2,11-12H2,1H3. The smallest absolute Gasteiger partial charge is 0.0384 e. The van der Waals surface area contributed by atoms with Crippen LogP contribution in [0.1, 0.15) is 17.5 Å². The van der Waals surface area contributed by atoms with E-state index in [9.17, 15) is 0 Å². The van der Waals surface area contributed by atoms with E-state index in [1.165, 1.54) is 11.1 Å². The molecular formula is C17H19N. The molecule has 0 spiro atoms. The number of hydrogen-bond acceptors (Lipinski definition) is 1. The lowest BCUT2D eigenvalue weighted by molar-refractivity contribution is 0.950. The van der Waals surface area contributed by atoms with E-state index in [1.54, 1.807) is 0 Å². The molecule has 0 amide bonds.